The fourth-order valence-corrected chi connectivity index (χ4v) is 4.09. The van der Waals surface area contributed by atoms with Gasteiger partial charge in [0.15, 0.2) is 5.82 Å². The van der Waals surface area contributed by atoms with Crippen molar-refractivity contribution in [1.82, 2.24) is 20.1 Å². The molecule has 0 amide bonds. The molecule has 0 aliphatic carbocycles. The van der Waals surface area contributed by atoms with E-state index in [-0.39, 0.29) is 24.2 Å². The van der Waals surface area contributed by atoms with Crippen LogP contribution < -0.4 is 10.1 Å². The molecule has 0 saturated carbocycles. The van der Waals surface area contributed by atoms with E-state index < -0.39 is 0 Å². The number of aryl methyl sites for hydroxylation is 1. The molecular formula is C25H23FN4O2. The van der Waals surface area contributed by atoms with Crippen molar-refractivity contribution < 1.29 is 14.2 Å². The summed E-state index contributed by atoms with van der Waals surface area (Å²) in [6.07, 6.45) is 2.82. The lowest BCUT2D eigenvalue weighted by atomic mass is 9.97. The van der Waals surface area contributed by atoms with E-state index in [1.165, 1.54) is 6.07 Å². The third-order valence-corrected chi connectivity index (χ3v) is 5.67. The number of nitrogens with one attached hydrogen (secondary N) is 1. The number of aromatic nitrogens is 3. The van der Waals surface area contributed by atoms with Crippen molar-refractivity contribution >= 4 is 16.5 Å². The van der Waals surface area contributed by atoms with Crippen molar-refractivity contribution in [1.29, 1.82) is 0 Å². The molecule has 0 bridgehead atoms. The molecule has 2 N–H and O–H groups in total. The minimum atomic E-state index is -0.282. The highest BCUT2D eigenvalue weighted by Crippen LogP contribution is 2.37. The lowest BCUT2D eigenvalue weighted by Gasteiger charge is -2.15. The van der Waals surface area contributed by atoms with Gasteiger partial charge in [0.1, 0.15) is 17.8 Å². The number of benzene rings is 2. The molecule has 1 aliphatic rings. The zero-order chi connectivity index (χ0) is 22.1. The third kappa shape index (κ3) is 3.71. The van der Waals surface area contributed by atoms with Crippen LogP contribution in [-0.2, 0) is 13.7 Å². The molecule has 6 nitrogen and oxygen atoms in total. The number of pyridine rings is 1. The van der Waals surface area contributed by atoms with Gasteiger partial charge in [-0.1, -0.05) is 42.5 Å². The van der Waals surface area contributed by atoms with Crippen LogP contribution in [-0.4, -0.2) is 33.0 Å². The van der Waals surface area contributed by atoms with Gasteiger partial charge in [0.2, 0.25) is 11.8 Å². The van der Waals surface area contributed by atoms with E-state index in [4.69, 9.17) is 4.74 Å². The number of ether oxygens (including phenoxy) is 1. The predicted octanol–water partition coefficient (Wildman–Crippen LogP) is 4.44. The predicted molar refractivity (Wildman–Crippen MR) is 122 cm³/mol. The molecule has 5 rings (SSSR count). The molecule has 162 valence electrons. The van der Waals surface area contributed by atoms with Gasteiger partial charge in [0.25, 0.3) is 0 Å². The Morgan fingerprint density at radius 1 is 1.09 bits per heavy atom. The zero-order valence-corrected chi connectivity index (χ0v) is 17.7. The van der Waals surface area contributed by atoms with E-state index in [2.05, 4.69) is 15.4 Å². The SMILES string of the molecule is Cn1nc(-c2ccc(O)nc2OCc2ccccc2)c2ccc(C3=CCNCC3)c(F)c21. The summed E-state index contributed by atoms with van der Waals surface area (Å²) in [5, 5.41) is 18.5. The molecule has 4 aromatic rings. The Kier molecular flexibility index (Phi) is 5.33. The highest BCUT2D eigenvalue weighted by atomic mass is 19.1. The second-order valence-corrected chi connectivity index (χ2v) is 7.78. The van der Waals surface area contributed by atoms with Crippen LogP contribution in [0.4, 0.5) is 4.39 Å². The van der Waals surface area contributed by atoms with E-state index >= 15 is 4.39 Å². The number of hydrogen-bond acceptors (Lipinski definition) is 5. The molecule has 0 radical (unpaired) electrons. The summed E-state index contributed by atoms with van der Waals surface area (Å²) in [7, 11) is 1.73. The van der Waals surface area contributed by atoms with Crippen LogP contribution in [0.25, 0.3) is 27.7 Å². The Morgan fingerprint density at radius 3 is 2.69 bits per heavy atom. The molecule has 7 heteroatoms. The van der Waals surface area contributed by atoms with Gasteiger partial charge in [-0.25, -0.2) is 4.39 Å². The summed E-state index contributed by atoms with van der Waals surface area (Å²) in [4.78, 5) is 4.17. The minimum absolute atomic E-state index is 0.150. The highest BCUT2D eigenvalue weighted by Gasteiger charge is 2.22. The molecule has 0 fully saturated rings. The maximum Gasteiger partial charge on any atom is 0.226 e. The first-order valence-electron chi connectivity index (χ1n) is 10.5. The summed E-state index contributed by atoms with van der Waals surface area (Å²) in [5.41, 5.74) is 4.17. The zero-order valence-electron chi connectivity index (χ0n) is 17.7. The van der Waals surface area contributed by atoms with Gasteiger partial charge in [-0.05, 0) is 36.2 Å². The largest absolute Gasteiger partial charge is 0.493 e. The first-order chi connectivity index (χ1) is 15.6. The highest BCUT2D eigenvalue weighted by molar-refractivity contribution is 5.96. The van der Waals surface area contributed by atoms with Gasteiger partial charge in [-0.3, -0.25) is 4.68 Å². The van der Waals surface area contributed by atoms with Crippen LogP contribution >= 0.6 is 0 Å². The summed E-state index contributed by atoms with van der Waals surface area (Å²) in [5.74, 6) is -0.182. The van der Waals surface area contributed by atoms with Gasteiger partial charge in [0.05, 0.1) is 5.56 Å². The monoisotopic (exact) mass is 430 g/mol. The van der Waals surface area contributed by atoms with E-state index in [1.54, 1.807) is 17.8 Å². The fraction of sp³-hybridized carbons (Fsp3) is 0.200. The molecular weight excluding hydrogens is 407 g/mol. The molecule has 2 aromatic carbocycles. The van der Waals surface area contributed by atoms with Gasteiger partial charge in [0, 0.05) is 30.6 Å². The number of hydrogen-bond donors (Lipinski definition) is 2. The van der Waals surface area contributed by atoms with Crippen molar-refractivity contribution in [2.45, 2.75) is 13.0 Å². The van der Waals surface area contributed by atoms with Crippen LogP contribution in [0, 0.1) is 5.82 Å². The van der Waals surface area contributed by atoms with Crippen molar-refractivity contribution in [2.24, 2.45) is 7.05 Å². The van der Waals surface area contributed by atoms with Crippen LogP contribution in [0.5, 0.6) is 11.8 Å². The minimum Gasteiger partial charge on any atom is -0.493 e. The Bertz CT molecular complexity index is 1310. The van der Waals surface area contributed by atoms with E-state index in [0.717, 1.165) is 30.6 Å². The van der Waals surface area contributed by atoms with Gasteiger partial charge in [-0.2, -0.15) is 10.1 Å². The molecule has 1 aliphatic heterocycles. The Labute approximate surface area is 185 Å². The summed E-state index contributed by atoms with van der Waals surface area (Å²) in [6, 6.07) is 16.6. The summed E-state index contributed by atoms with van der Waals surface area (Å²) >= 11 is 0. The molecule has 0 saturated heterocycles. The third-order valence-electron chi connectivity index (χ3n) is 5.67. The van der Waals surface area contributed by atoms with Gasteiger partial charge >= 0.3 is 0 Å². The second kappa shape index (κ2) is 8.43. The van der Waals surface area contributed by atoms with Crippen molar-refractivity contribution in [2.75, 3.05) is 13.1 Å². The fourth-order valence-electron chi connectivity index (χ4n) is 4.09. The van der Waals surface area contributed by atoms with Crippen LogP contribution in [0.3, 0.4) is 0 Å². The average Bonchev–Trinajstić information content (AvgIpc) is 3.16. The Hall–Kier alpha value is -3.71. The molecule has 2 aromatic heterocycles. The molecule has 3 heterocycles. The molecule has 32 heavy (non-hydrogen) atoms. The lowest BCUT2D eigenvalue weighted by molar-refractivity contribution is 0.290. The van der Waals surface area contributed by atoms with E-state index in [9.17, 15) is 5.11 Å². The van der Waals surface area contributed by atoms with Crippen LogP contribution in [0.1, 0.15) is 17.5 Å². The van der Waals surface area contributed by atoms with Crippen molar-refractivity contribution in [3.8, 4) is 23.0 Å². The maximum absolute atomic E-state index is 15.6. The normalized spacial score (nSPS) is 13.9. The topological polar surface area (TPSA) is 72.2 Å². The quantitative estimate of drug-likeness (QED) is 0.490. The van der Waals surface area contributed by atoms with Crippen molar-refractivity contribution in [3.05, 3.63) is 77.6 Å². The van der Waals surface area contributed by atoms with Crippen LogP contribution in [0.2, 0.25) is 0 Å². The maximum atomic E-state index is 15.6. The van der Waals surface area contributed by atoms with E-state index in [1.807, 2.05) is 48.5 Å². The lowest BCUT2D eigenvalue weighted by Crippen LogP contribution is -2.20. The molecule has 0 atom stereocenters. The molecule has 0 unspecified atom stereocenters. The number of nitrogens with zero attached hydrogens (tertiary/aromatic N) is 3. The first-order valence-corrected chi connectivity index (χ1v) is 10.5. The second-order valence-electron chi connectivity index (χ2n) is 7.78. The van der Waals surface area contributed by atoms with Gasteiger partial charge in [-0.15, -0.1) is 0 Å². The number of rotatable bonds is 5. The van der Waals surface area contributed by atoms with E-state index in [0.29, 0.717) is 27.7 Å². The Balaban J connectivity index is 1.58. The van der Waals surface area contributed by atoms with Crippen LogP contribution in [0.15, 0.2) is 60.7 Å². The number of fused-ring (bicyclic) bond motifs is 1. The standard InChI is InChI=1S/C25H23FN4O2/c1-30-24-19(8-7-18(22(24)26)17-11-13-27-14-12-17)23(29-30)20-9-10-21(31)28-25(20)32-15-16-5-3-2-4-6-16/h2-11,27H,12-15H2,1H3,(H,28,31). The van der Waals surface area contributed by atoms with Gasteiger partial charge < -0.3 is 15.2 Å². The average molecular weight is 430 g/mol. The Morgan fingerprint density at radius 2 is 1.91 bits per heavy atom. The smallest absolute Gasteiger partial charge is 0.226 e. The summed E-state index contributed by atoms with van der Waals surface area (Å²) in [6.45, 7) is 1.86. The molecule has 0 spiro atoms. The number of halogens is 1. The number of aromatic hydroxyl groups is 1. The summed E-state index contributed by atoms with van der Waals surface area (Å²) < 4.78 is 23.1. The first kappa shape index (κ1) is 20.2. The van der Waals surface area contributed by atoms with Crippen molar-refractivity contribution in [3.63, 3.8) is 0 Å².